The maximum atomic E-state index is 12.4. The number of nitrogens with two attached hydrogens (primary N) is 2. The third-order valence-electron chi connectivity index (χ3n) is 3.43. The molecule has 7 heteroatoms. The van der Waals surface area contributed by atoms with Crippen LogP contribution >= 0.6 is 0 Å². The molecule has 0 aromatic rings. The van der Waals surface area contributed by atoms with E-state index in [1.807, 2.05) is 13.8 Å². The molecule has 0 saturated carbocycles. The number of urea groups is 1. The van der Waals surface area contributed by atoms with Gasteiger partial charge in [0.1, 0.15) is 0 Å². The van der Waals surface area contributed by atoms with Crippen LogP contribution in [0.3, 0.4) is 0 Å². The van der Waals surface area contributed by atoms with Crippen LogP contribution in [-0.4, -0.2) is 65.2 Å². The number of carbonyl (C=O) groups excluding carboxylic acids is 1. The average molecular weight is 272 g/mol. The fraction of sp³-hybridized carbons (Fsp3) is 0.833. The van der Waals surface area contributed by atoms with Crippen molar-refractivity contribution in [2.45, 2.75) is 32.4 Å². The predicted molar refractivity (Wildman–Crippen MR) is 71.6 cm³/mol. The largest absolute Gasteiger partial charge is 0.481 e. The Balaban J connectivity index is 2.68. The minimum atomic E-state index is -0.944. The van der Waals surface area contributed by atoms with Gasteiger partial charge in [0, 0.05) is 31.7 Å². The van der Waals surface area contributed by atoms with Crippen molar-refractivity contribution in [3.63, 3.8) is 0 Å². The number of likely N-dealkylation sites (tertiary alicyclic amines) is 1. The molecule has 110 valence electrons. The van der Waals surface area contributed by atoms with Crippen molar-refractivity contribution < 1.29 is 14.7 Å². The van der Waals surface area contributed by atoms with Crippen molar-refractivity contribution >= 4 is 12.0 Å². The Hall–Kier alpha value is -1.34. The quantitative estimate of drug-likeness (QED) is 0.625. The van der Waals surface area contributed by atoms with Crippen molar-refractivity contribution in [3.8, 4) is 0 Å². The predicted octanol–water partition coefficient (Wildman–Crippen LogP) is -0.491. The molecular weight excluding hydrogens is 248 g/mol. The van der Waals surface area contributed by atoms with E-state index in [0.717, 1.165) is 6.42 Å². The first-order valence-electron chi connectivity index (χ1n) is 6.62. The fourth-order valence-electron chi connectivity index (χ4n) is 2.26. The van der Waals surface area contributed by atoms with Crippen LogP contribution in [0.5, 0.6) is 0 Å². The van der Waals surface area contributed by atoms with Crippen LogP contribution in [0.15, 0.2) is 0 Å². The Bertz CT molecular complexity index is 335. The van der Waals surface area contributed by atoms with Crippen LogP contribution in [0.1, 0.15) is 20.3 Å². The van der Waals surface area contributed by atoms with Gasteiger partial charge in [0.05, 0.1) is 5.92 Å². The zero-order chi connectivity index (χ0) is 14.6. The summed E-state index contributed by atoms with van der Waals surface area (Å²) in [5, 5.41) is 9.02. The Labute approximate surface area is 113 Å². The van der Waals surface area contributed by atoms with E-state index in [2.05, 4.69) is 0 Å². The molecule has 1 aliphatic rings. The minimum Gasteiger partial charge on any atom is -0.481 e. The molecule has 7 nitrogen and oxygen atoms in total. The number of carboxylic acid groups (broad SMARTS) is 1. The fourth-order valence-corrected chi connectivity index (χ4v) is 2.26. The molecule has 0 aromatic carbocycles. The summed E-state index contributed by atoms with van der Waals surface area (Å²) in [5.41, 5.74) is 11.2. The number of hydrogen-bond acceptors (Lipinski definition) is 4. The Kier molecular flexibility index (Phi) is 5.56. The average Bonchev–Trinajstić information content (AvgIpc) is 2.71. The molecule has 0 unspecified atom stereocenters. The van der Waals surface area contributed by atoms with Gasteiger partial charge >= 0.3 is 12.0 Å². The van der Waals surface area contributed by atoms with E-state index in [0.29, 0.717) is 19.6 Å². The second kappa shape index (κ2) is 6.72. The van der Waals surface area contributed by atoms with E-state index in [1.54, 1.807) is 4.90 Å². The normalized spacial score (nSPS) is 22.9. The molecule has 0 bridgehead atoms. The summed E-state index contributed by atoms with van der Waals surface area (Å²) >= 11 is 0. The Morgan fingerprint density at radius 2 is 2.05 bits per heavy atom. The molecule has 2 atom stereocenters. The molecule has 1 rings (SSSR count). The van der Waals surface area contributed by atoms with E-state index in [-0.39, 0.29) is 18.6 Å². The van der Waals surface area contributed by atoms with Gasteiger partial charge in [0.15, 0.2) is 0 Å². The maximum Gasteiger partial charge on any atom is 0.320 e. The first-order chi connectivity index (χ1) is 8.88. The van der Waals surface area contributed by atoms with Crippen LogP contribution in [0.2, 0.25) is 0 Å². The lowest BCUT2D eigenvalue weighted by Gasteiger charge is -2.31. The van der Waals surface area contributed by atoms with Crippen LogP contribution < -0.4 is 11.5 Å². The number of aliphatic carboxylic acids is 1. The summed E-state index contributed by atoms with van der Waals surface area (Å²) in [4.78, 5) is 26.6. The Morgan fingerprint density at radius 1 is 1.42 bits per heavy atom. The van der Waals surface area contributed by atoms with Gasteiger partial charge in [-0.25, -0.2) is 4.79 Å². The van der Waals surface area contributed by atoms with E-state index in [9.17, 15) is 9.59 Å². The van der Waals surface area contributed by atoms with Crippen molar-refractivity contribution in [1.29, 1.82) is 0 Å². The van der Waals surface area contributed by atoms with Crippen molar-refractivity contribution in [3.05, 3.63) is 0 Å². The van der Waals surface area contributed by atoms with Crippen molar-refractivity contribution in [2.24, 2.45) is 17.4 Å². The molecular formula is C12H24N4O3. The van der Waals surface area contributed by atoms with Gasteiger partial charge in [-0.05, 0) is 26.8 Å². The van der Waals surface area contributed by atoms with Crippen molar-refractivity contribution in [1.82, 2.24) is 9.80 Å². The molecule has 0 spiro atoms. The monoisotopic (exact) mass is 272 g/mol. The molecule has 0 aromatic heterocycles. The lowest BCUT2D eigenvalue weighted by Crippen LogP contribution is -2.47. The van der Waals surface area contributed by atoms with Gasteiger partial charge in [-0.2, -0.15) is 0 Å². The molecule has 0 aliphatic carbocycles. The molecule has 1 fully saturated rings. The van der Waals surface area contributed by atoms with Crippen molar-refractivity contribution in [2.75, 3.05) is 26.2 Å². The van der Waals surface area contributed by atoms with E-state index in [1.165, 1.54) is 4.90 Å². The van der Waals surface area contributed by atoms with Gasteiger partial charge in [-0.1, -0.05) is 0 Å². The molecule has 19 heavy (non-hydrogen) atoms. The Morgan fingerprint density at radius 3 is 2.47 bits per heavy atom. The number of rotatable bonds is 5. The zero-order valence-electron chi connectivity index (χ0n) is 11.6. The molecule has 1 heterocycles. The third kappa shape index (κ3) is 3.81. The van der Waals surface area contributed by atoms with Crippen LogP contribution in [0.25, 0.3) is 0 Å². The lowest BCUT2D eigenvalue weighted by molar-refractivity contribution is -0.141. The van der Waals surface area contributed by atoms with Gasteiger partial charge in [-0.3, -0.25) is 4.79 Å². The molecule has 0 radical (unpaired) electrons. The minimum absolute atomic E-state index is 0.0548. The standard InChI is InChI=1S/C12H24N4O3/c1-8(2)16(5-3-4-13)12(19)15-6-9(11(17)18)10(14)7-15/h8-10H,3-7,13-14H2,1-2H3,(H,17,18)/t9-,10+/m0/s1. The highest BCUT2D eigenvalue weighted by Crippen LogP contribution is 2.18. The van der Waals surface area contributed by atoms with Crippen LogP contribution in [0, 0.1) is 5.92 Å². The van der Waals surface area contributed by atoms with Gasteiger partial charge in [-0.15, -0.1) is 0 Å². The van der Waals surface area contributed by atoms with Crippen LogP contribution in [-0.2, 0) is 4.79 Å². The molecule has 2 amide bonds. The first kappa shape index (κ1) is 15.7. The summed E-state index contributed by atoms with van der Waals surface area (Å²) in [7, 11) is 0. The summed E-state index contributed by atoms with van der Waals surface area (Å²) in [6.07, 6.45) is 0.728. The highest BCUT2D eigenvalue weighted by molar-refractivity contribution is 5.78. The number of nitrogens with zero attached hydrogens (tertiary/aromatic N) is 2. The summed E-state index contributed by atoms with van der Waals surface area (Å²) < 4.78 is 0. The number of carboxylic acids is 1. The first-order valence-corrected chi connectivity index (χ1v) is 6.62. The summed E-state index contributed by atoms with van der Waals surface area (Å²) in [6.45, 7) is 5.44. The highest BCUT2D eigenvalue weighted by Gasteiger charge is 2.39. The smallest absolute Gasteiger partial charge is 0.320 e. The molecule has 5 N–H and O–H groups in total. The number of hydrogen-bond donors (Lipinski definition) is 3. The van der Waals surface area contributed by atoms with E-state index >= 15 is 0 Å². The summed E-state index contributed by atoms with van der Waals surface area (Å²) in [6, 6.07) is -0.591. The van der Waals surface area contributed by atoms with E-state index < -0.39 is 17.9 Å². The number of carbonyl (C=O) groups is 2. The second-order valence-electron chi connectivity index (χ2n) is 5.23. The summed E-state index contributed by atoms with van der Waals surface area (Å²) in [5.74, 6) is -1.62. The highest BCUT2D eigenvalue weighted by atomic mass is 16.4. The SMILES string of the molecule is CC(C)N(CCCN)C(=O)N1C[C@@H](N)[C@@H](C(=O)O)C1. The van der Waals surface area contributed by atoms with Crippen LogP contribution in [0.4, 0.5) is 4.79 Å². The van der Waals surface area contributed by atoms with Gasteiger partial charge in [0.2, 0.25) is 0 Å². The van der Waals surface area contributed by atoms with Gasteiger partial charge < -0.3 is 26.4 Å². The lowest BCUT2D eigenvalue weighted by atomic mass is 10.1. The topological polar surface area (TPSA) is 113 Å². The number of amides is 2. The molecule has 1 aliphatic heterocycles. The van der Waals surface area contributed by atoms with Gasteiger partial charge in [0.25, 0.3) is 0 Å². The second-order valence-corrected chi connectivity index (χ2v) is 5.23. The molecule has 1 saturated heterocycles. The van der Waals surface area contributed by atoms with E-state index in [4.69, 9.17) is 16.6 Å². The zero-order valence-corrected chi connectivity index (χ0v) is 11.6. The maximum absolute atomic E-state index is 12.4. The third-order valence-corrected chi connectivity index (χ3v) is 3.43.